The van der Waals surface area contributed by atoms with Crippen molar-refractivity contribution in [2.24, 2.45) is 0 Å². The second-order valence-corrected chi connectivity index (χ2v) is 5.27. The maximum absolute atomic E-state index is 11.4. The lowest BCUT2D eigenvalue weighted by molar-refractivity contribution is 0.0683. The molecule has 0 saturated carbocycles. The molecular formula is C17H15ClO5. The Morgan fingerprint density at radius 2 is 1.61 bits per heavy atom. The molecule has 0 radical (unpaired) electrons. The average Bonchev–Trinajstić information content (AvgIpc) is 2.52. The first-order valence-corrected chi connectivity index (χ1v) is 7.35. The molecule has 0 aliphatic heterocycles. The van der Waals surface area contributed by atoms with Crippen molar-refractivity contribution in [3.8, 4) is 16.9 Å². The minimum atomic E-state index is -1.11. The number of halogens is 1. The standard InChI is InChI=1S/C17H15ClO5/c1-2-7-23-15-6-4-10(8-13(15)17(21)22)11-3-5-12(16(19)20)14(18)9-11/h3-6,8-9H,2,7H2,1H3,(H,19,20)(H,21,22). The minimum Gasteiger partial charge on any atom is -0.493 e. The molecule has 0 unspecified atom stereocenters. The van der Waals surface area contributed by atoms with Crippen LogP contribution in [0.1, 0.15) is 34.1 Å². The van der Waals surface area contributed by atoms with Gasteiger partial charge in [0.05, 0.1) is 17.2 Å². The molecule has 0 aliphatic carbocycles. The highest BCUT2D eigenvalue weighted by Gasteiger charge is 2.15. The summed E-state index contributed by atoms with van der Waals surface area (Å²) in [6, 6.07) is 9.26. The highest BCUT2D eigenvalue weighted by Crippen LogP contribution is 2.30. The van der Waals surface area contributed by atoms with Crippen LogP contribution in [-0.2, 0) is 0 Å². The van der Waals surface area contributed by atoms with Crippen LogP contribution in [0, 0.1) is 0 Å². The molecule has 0 saturated heterocycles. The van der Waals surface area contributed by atoms with E-state index in [4.69, 9.17) is 21.4 Å². The maximum atomic E-state index is 11.4. The second kappa shape index (κ2) is 7.15. The van der Waals surface area contributed by atoms with Crippen LogP contribution in [0.2, 0.25) is 5.02 Å². The smallest absolute Gasteiger partial charge is 0.339 e. The summed E-state index contributed by atoms with van der Waals surface area (Å²) in [5.74, 6) is -1.90. The summed E-state index contributed by atoms with van der Waals surface area (Å²) >= 11 is 5.95. The van der Waals surface area contributed by atoms with E-state index < -0.39 is 11.9 Å². The molecule has 0 bridgehead atoms. The van der Waals surface area contributed by atoms with Crippen molar-refractivity contribution >= 4 is 23.5 Å². The third-order valence-electron chi connectivity index (χ3n) is 3.20. The summed E-state index contributed by atoms with van der Waals surface area (Å²) in [5.41, 5.74) is 1.29. The number of carbonyl (C=O) groups is 2. The lowest BCUT2D eigenvalue weighted by Crippen LogP contribution is -2.04. The molecule has 2 aromatic carbocycles. The van der Waals surface area contributed by atoms with E-state index in [-0.39, 0.29) is 16.1 Å². The molecule has 0 aromatic heterocycles. The van der Waals surface area contributed by atoms with E-state index in [0.717, 1.165) is 6.42 Å². The zero-order valence-electron chi connectivity index (χ0n) is 12.4. The van der Waals surface area contributed by atoms with Crippen LogP contribution in [0.25, 0.3) is 11.1 Å². The first-order chi connectivity index (χ1) is 10.9. The number of carboxylic acid groups (broad SMARTS) is 2. The van der Waals surface area contributed by atoms with Crippen molar-refractivity contribution in [3.63, 3.8) is 0 Å². The normalized spacial score (nSPS) is 10.3. The Kier molecular flexibility index (Phi) is 5.24. The number of carboxylic acids is 2. The van der Waals surface area contributed by atoms with Gasteiger partial charge in [-0.2, -0.15) is 0 Å². The first-order valence-electron chi connectivity index (χ1n) is 6.97. The Hall–Kier alpha value is -2.53. The molecular weight excluding hydrogens is 320 g/mol. The molecule has 120 valence electrons. The van der Waals surface area contributed by atoms with E-state index in [1.54, 1.807) is 18.2 Å². The van der Waals surface area contributed by atoms with E-state index in [0.29, 0.717) is 23.5 Å². The molecule has 0 spiro atoms. The van der Waals surface area contributed by atoms with E-state index in [2.05, 4.69) is 0 Å². The molecule has 2 N–H and O–H groups in total. The Labute approximate surface area is 138 Å². The summed E-state index contributed by atoms with van der Waals surface area (Å²) in [6.07, 6.45) is 0.771. The molecule has 0 atom stereocenters. The Morgan fingerprint density at radius 3 is 2.17 bits per heavy atom. The van der Waals surface area contributed by atoms with Gasteiger partial charge in [0.25, 0.3) is 0 Å². The first kappa shape index (κ1) is 16.8. The molecule has 0 heterocycles. The fourth-order valence-corrected chi connectivity index (χ4v) is 2.34. The largest absolute Gasteiger partial charge is 0.493 e. The van der Waals surface area contributed by atoms with Crippen molar-refractivity contribution in [1.29, 1.82) is 0 Å². The highest BCUT2D eigenvalue weighted by molar-refractivity contribution is 6.33. The van der Waals surface area contributed by atoms with Crippen LogP contribution in [-0.4, -0.2) is 28.8 Å². The lowest BCUT2D eigenvalue weighted by Gasteiger charge is -2.11. The number of ether oxygens (including phenoxy) is 1. The van der Waals surface area contributed by atoms with E-state index in [1.165, 1.54) is 18.2 Å². The Balaban J connectivity index is 2.44. The maximum Gasteiger partial charge on any atom is 0.339 e. The molecule has 0 amide bonds. The van der Waals surface area contributed by atoms with E-state index in [9.17, 15) is 14.7 Å². The van der Waals surface area contributed by atoms with E-state index in [1.807, 2.05) is 6.92 Å². The van der Waals surface area contributed by atoms with Crippen molar-refractivity contribution in [2.75, 3.05) is 6.61 Å². The predicted molar refractivity (Wildman–Crippen MR) is 86.6 cm³/mol. The van der Waals surface area contributed by atoms with Crippen LogP contribution in [0.5, 0.6) is 5.75 Å². The predicted octanol–water partition coefficient (Wildman–Crippen LogP) is 4.19. The monoisotopic (exact) mass is 334 g/mol. The van der Waals surface area contributed by atoms with E-state index >= 15 is 0 Å². The molecule has 2 rings (SSSR count). The van der Waals surface area contributed by atoms with Gasteiger partial charge >= 0.3 is 11.9 Å². The zero-order chi connectivity index (χ0) is 17.0. The van der Waals surface area contributed by atoms with Gasteiger partial charge in [-0.1, -0.05) is 30.7 Å². The van der Waals surface area contributed by atoms with Crippen molar-refractivity contribution in [3.05, 3.63) is 52.5 Å². The molecule has 23 heavy (non-hydrogen) atoms. The third-order valence-corrected chi connectivity index (χ3v) is 3.52. The summed E-state index contributed by atoms with van der Waals surface area (Å²) in [6.45, 7) is 2.36. The van der Waals surface area contributed by atoms with Gasteiger partial charge in [-0.3, -0.25) is 0 Å². The molecule has 6 heteroatoms. The SMILES string of the molecule is CCCOc1ccc(-c2ccc(C(=O)O)c(Cl)c2)cc1C(=O)O. The number of benzene rings is 2. The number of aromatic carboxylic acids is 2. The van der Waals surface area contributed by atoms with Crippen LogP contribution in [0.15, 0.2) is 36.4 Å². The number of rotatable bonds is 6. The molecule has 2 aromatic rings. The lowest BCUT2D eigenvalue weighted by atomic mass is 10.0. The summed E-state index contributed by atoms with van der Waals surface area (Å²) in [4.78, 5) is 22.4. The van der Waals surface area contributed by atoms with Gasteiger partial charge in [-0.15, -0.1) is 0 Å². The minimum absolute atomic E-state index is 0.00299. The van der Waals surface area contributed by atoms with Gasteiger partial charge < -0.3 is 14.9 Å². The molecule has 0 fully saturated rings. The summed E-state index contributed by atoms with van der Waals surface area (Å²) in [5, 5.41) is 18.4. The van der Waals surface area contributed by atoms with Gasteiger partial charge in [0.2, 0.25) is 0 Å². The third kappa shape index (κ3) is 3.81. The van der Waals surface area contributed by atoms with Crippen molar-refractivity contribution in [1.82, 2.24) is 0 Å². The topological polar surface area (TPSA) is 83.8 Å². The molecule has 5 nitrogen and oxygen atoms in total. The van der Waals surface area contributed by atoms with Crippen molar-refractivity contribution < 1.29 is 24.5 Å². The fraction of sp³-hybridized carbons (Fsp3) is 0.176. The Morgan fingerprint density at radius 1 is 1.00 bits per heavy atom. The van der Waals surface area contributed by atoms with Gasteiger partial charge in [0.1, 0.15) is 11.3 Å². The quantitative estimate of drug-likeness (QED) is 0.827. The Bertz CT molecular complexity index is 755. The number of hydrogen-bond donors (Lipinski definition) is 2. The second-order valence-electron chi connectivity index (χ2n) is 4.86. The fourth-order valence-electron chi connectivity index (χ4n) is 2.08. The van der Waals surface area contributed by atoms with Crippen LogP contribution in [0.4, 0.5) is 0 Å². The van der Waals surface area contributed by atoms with Crippen LogP contribution in [0.3, 0.4) is 0 Å². The van der Waals surface area contributed by atoms with Crippen LogP contribution >= 0.6 is 11.6 Å². The molecule has 0 aliphatic rings. The van der Waals surface area contributed by atoms with Gasteiger partial charge in [-0.25, -0.2) is 9.59 Å². The average molecular weight is 335 g/mol. The highest BCUT2D eigenvalue weighted by atomic mass is 35.5. The van der Waals surface area contributed by atoms with Gasteiger partial charge in [-0.05, 0) is 41.8 Å². The zero-order valence-corrected chi connectivity index (χ0v) is 13.1. The summed E-state index contributed by atoms with van der Waals surface area (Å²) in [7, 11) is 0. The van der Waals surface area contributed by atoms with Gasteiger partial charge in [0.15, 0.2) is 0 Å². The van der Waals surface area contributed by atoms with Gasteiger partial charge in [0, 0.05) is 0 Å². The van der Waals surface area contributed by atoms with Crippen molar-refractivity contribution in [2.45, 2.75) is 13.3 Å². The van der Waals surface area contributed by atoms with Crippen LogP contribution < -0.4 is 4.74 Å². The number of hydrogen-bond acceptors (Lipinski definition) is 3. The summed E-state index contributed by atoms with van der Waals surface area (Å²) < 4.78 is 5.43.